The van der Waals surface area contributed by atoms with Gasteiger partial charge in [0.2, 0.25) is 0 Å². The van der Waals surface area contributed by atoms with Gasteiger partial charge < -0.3 is 22.6 Å². The van der Waals surface area contributed by atoms with Gasteiger partial charge in [0.15, 0.2) is 0 Å². The maximum Gasteiger partial charge on any atom is 1.00 e. The van der Waals surface area contributed by atoms with Crippen molar-refractivity contribution in [3.05, 3.63) is 35.9 Å². The molecule has 1 atom stereocenters. The summed E-state index contributed by atoms with van der Waals surface area (Å²) in [7, 11) is 0. The van der Waals surface area contributed by atoms with Crippen molar-refractivity contribution in [2.24, 2.45) is 0 Å². The first kappa shape index (κ1) is 24.0. The molecule has 24 heavy (non-hydrogen) atoms. The van der Waals surface area contributed by atoms with Crippen LogP contribution in [0.25, 0.3) is 0 Å². The number of rotatable bonds is 7. The van der Waals surface area contributed by atoms with Crippen molar-refractivity contribution in [1.82, 2.24) is 4.90 Å². The predicted octanol–water partition coefficient (Wildman–Crippen LogP) is 1.63. The Bertz CT molecular complexity index is 490. The van der Waals surface area contributed by atoms with Crippen LogP contribution in [-0.4, -0.2) is 36.1 Å². The summed E-state index contributed by atoms with van der Waals surface area (Å²) in [4.78, 5) is 13.4. The van der Waals surface area contributed by atoms with E-state index in [1.165, 1.54) is 4.90 Å². The number of halogens is 3. The van der Waals surface area contributed by atoms with Crippen LogP contribution in [0, 0.1) is 0 Å². The molecule has 0 N–H and O–H groups in total. The van der Waals surface area contributed by atoms with Crippen molar-refractivity contribution in [2.75, 3.05) is 0 Å². The SMILES string of the molecule is CC(C)N(C(=O)OC(CCc1ccccc1)[B-](F)(F)F)C(C)C.[K+]. The first-order chi connectivity index (χ1) is 10.6. The molecule has 130 valence electrons. The molecule has 0 aliphatic rings. The van der Waals surface area contributed by atoms with Gasteiger partial charge in [-0.2, -0.15) is 0 Å². The molecule has 1 unspecified atom stereocenters. The number of hydrogen-bond acceptors (Lipinski definition) is 2. The number of amides is 1. The Morgan fingerprint density at radius 2 is 1.58 bits per heavy atom. The van der Waals surface area contributed by atoms with Crippen LogP contribution >= 0.6 is 0 Å². The van der Waals surface area contributed by atoms with E-state index in [-0.39, 0.29) is 76.3 Å². The number of carbonyl (C=O) groups is 1. The van der Waals surface area contributed by atoms with Gasteiger partial charge in [-0.15, -0.1) is 0 Å². The molecule has 0 saturated heterocycles. The molecule has 0 spiro atoms. The van der Waals surface area contributed by atoms with Crippen molar-refractivity contribution in [3.8, 4) is 0 Å². The Balaban J connectivity index is 0.00000529. The van der Waals surface area contributed by atoms with Crippen molar-refractivity contribution >= 4 is 13.1 Å². The molecule has 0 saturated carbocycles. The van der Waals surface area contributed by atoms with Crippen LogP contribution in [0.3, 0.4) is 0 Å². The summed E-state index contributed by atoms with van der Waals surface area (Å²) in [5.41, 5.74) is 0.790. The van der Waals surface area contributed by atoms with E-state index in [2.05, 4.69) is 0 Å². The first-order valence-corrected chi connectivity index (χ1v) is 7.85. The molecular formula is C16H24BF3KNO2. The molecule has 0 bridgehead atoms. The van der Waals surface area contributed by atoms with E-state index in [1.807, 2.05) is 0 Å². The zero-order valence-corrected chi connectivity index (χ0v) is 18.1. The average Bonchev–Trinajstić information content (AvgIpc) is 2.42. The van der Waals surface area contributed by atoms with Crippen LogP contribution in [0.5, 0.6) is 0 Å². The van der Waals surface area contributed by atoms with Gasteiger partial charge in [-0.25, -0.2) is 4.79 Å². The molecule has 0 aliphatic heterocycles. The van der Waals surface area contributed by atoms with E-state index in [0.717, 1.165) is 5.56 Å². The zero-order chi connectivity index (χ0) is 17.6. The molecule has 1 aromatic carbocycles. The van der Waals surface area contributed by atoms with Crippen LogP contribution in [0.4, 0.5) is 17.7 Å². The monoisotopic (exact) mass is 369 g/mol. The minimum absolute atomic E-state index is 0. The molecule has 0 fully saturated rings. The van der Waals surface area contributed by atoms with Crippen LogP contribution in [0.1, 0.15) is 39.7 Å². The standard InChI is InChI=1S/C16H24BF3NO2.K/c1-12(2)21(13(3)4)16(22)23-15(17(18,19)20)11-10-14-8-6-5-7-9-14;/h5-9,12-13,15H,10-11H2,1-4H3;/q-1;+1. The van der Waals surface area contributed by atoms with Crippen LogP contribution in [0.2, 0.25) is 0 Å². The number of hydrogen-bond donors (Lipinski definition) is 0. The number of aryl methyl sites for hydroxylation is 1. The second-order valence-corrected chi connectivity index (χ2v) is 6.17. The van der Waals surface area contributed by atoms with Gasteiger partial charge in [-0.1, -0.05) is 30.3 Å². The number of carbonyl (C=O) groups excluding carboxylic acids is 1. The molecule has 0 aromatic heterocycles. The molecule has 0 heterocycles. The summed E-state index contributed by atoms with van der Waals surface area (Å²) in [6, 6.07) is 6.38. The Labute approximate surface area is 184 Å². The fourth-order valence-electron chi connectivity index (χ4n) is 2.49. The minimum Gasteiger partial charge on any atom is -0.476 e. The molecule has 1 aromatic rings. The smallest absolute Gasteiger partial charge is 0.476 e. The molecule has 1 amide bonds. The number of benzene rings is 1. The van der Waals surface area contributed by atoms with Crippen LogP contribution in [0.15, 0.2) is 30.3 Å². The van der Waals surface area contributed by atoms with E-state index >= 15 is 0 Å². The van der Waals surface area contributed by atoms with Gasteiger partial charge in [-0.3, -0.25) is 0 Å². The summed E-state index contributed by atoms with van der Waals surface area (Å²) >= 11 is 0. The molecule has 3 nitrogen and oxygen atoms in total. The summed E-state index contributed by atoms with van der Waals surface area (Å²) in [5, 5.41) is 0. The van der Waals surface area contributed by atoms with Gasteiger partial charge in [0.1, 0.15) is 0 Å². The van der Waals surface area contributed by atoms with Gasteiger partial charge in [0.25, 0.3) is 0 Å². The van der Waals surface area contributed by atoms with E-state index in [1.54, 1.807) is 58.0 Å². The first-order valence-electron chi connectivity index (χ1n) is 7.85. The van der Waals surface area contributed by atoms with Crippen molar-refractivity contribution in [1.29, 1.82) is 0 Å². The number of ether oxygens (including phenoxy) is 1. The third-order valence-corrected chi connectivity index (χ3v) is 3.56. The third-order valence-electron chi connectivity index (χ3n) is 3.56. The molecular weight excluding hydrogens is 345 g/mol. The van der Waals surface area contributed by atoms with Gasteiger partial charge >= 0.3 is 64.5 Å². The second kappa shape index (κ2) is 10.9. The normalized spacial score (nSPS) is 12.7. The quantitative estimate of drug-likeness (QED) is 0.684. The van der Waals surface area contributed by atoms with Crippen molar-refractivity contribution in [3.63, 3.8) is 0 Å². The average molecular weight is 369 g/mol. The van der Waals surface area contributed by atoms with E-state index in [9.17, 15) is 17.7 Å². The van der Waals surface area contributed by atoms with E-state index in [4.69, 9.17) is 4.74 Å². The van der Waals surface area contributed by atoms with E-state index in [0.29, 0.717) is 0 Å². The second-order valence-electron chi connectivity index (χ2n) is 6.17. The zero-order valence-electron chi connectivity index (χ0n) is 15.0. The van der Waals surface area contributed by atoms with Crippen molar-refractivity contribution in [2.45, 2.75) is 58.6 Å². The van der Waals surface area contributed by atoms with Gasteiger partial charge in [0.05, 0.1) is 6.00 Å². The van der Waals surface area contributed by atoms with Crippen LogP contribution < -0.4 is 51.4 Å². The predicted molar refractivity (Wildman–Crippen MR) is 86.2 cm³/mol. The van der Waals surface area contributed by atoms with Gasteiger partial charge in [-0.05, 0) is 46.1 Å². The Morgan fingerprint density at radius 1 is 1.08 bits per heavy atom. The fourth-order valence-corrected chi connectivity index (χ4v) is 2.49. The van der Waals surface area contributed by atoms with Crippen molar-refractivity contribution < 1.29 is 73.9 Å². The Morgan fingerprint density at radius 3 is 2.00 bits per heavy atom. The topological polar surface area (TPSA) is 29.5 Å². The minimum atomic E-state index is -5.26. The van der Waals surface area contributed by atoms with Gasteiger partial charge in [0, 0.05) is 12.1 Å². The Hall–Kier alpha value is -0.0187. The molecule has 0 aliphatic carbocycles. The molecule has 8 heteroatoms. The summed E-state index contributed by atoms with van der Waals surface area (Å²) in [6.07, 6.45) is -0.959. The largest absolute Gasteiger partial charge is 1.00 e. The molecule has 1 rings (SSSR count). The summed E-state index contributed by atoms with van der Waals surface area (Å²) in [6.45, 7) is 1.74. The maximum atomic E-state index is 13.2. The third kappa shape index (κ3) is 7.91. The summed E-state index contributed by atoms with van der Waals surface area (Å²) < 4.78 is 44.5. The molecule has 0 radical (unpaired) electrons. The summed E-state index contributed by atoms with van der Waals surface area (Å²) in [5.74, 6) is 0. The van der Waals surface area contributed by atoms with Crippen LogP contribution in [-0.2, 0) is 11.2 Å². The Kier molecular flexibility index (Phi) is 10.8. The van der Waals surface area contributed by atoms with E-state index < -0.39 is 19.1 Å². The number of nitrogens with zero attached hydrogens (tertiary/aromatic N) is 1. The maximum absolute atomic E-state index is 13.2. The fraction of sp³-hybridized carbons (Fsp3) is 0.562.